The average Bonchev–Trinajstić information content (AvgIpc) is 2.30. The summed E-state index contributed by atoms with van der Waals surface area (Å²) in [6.45, 7) is 15.8. The Bertz CT molecular complexity index is 374. The van der Waals surface area contributed by atoms with Crippen molar-refractivity contribution in [3.63, 3.8) is 0 Å². The van der Waals surface area contributed by atoms with Crippen molar-refractivity contribution in [2.75, 3.05) is 0 Å². The molecule has 0 fully saturated rings. The standard InChI is InChI=1S/C18H34O4/c1-9-12(2)22-16(21)14(11-18(6,7)8)13(15(19)20)10-17(3,4)5/h12-14H,9-11H2,1-8H3,(H,19,20). The first-order valence-corrected chi connectivity index (χ1v) is 8.20. The Morgan fingerprint density at radius 2 is 1.36 bits per heavy atom. The van der Waals surface area contributed by atoms with Gasteiger partial charge >= 0.3 is 11.9 Å². The molecule has 0 rings (SSSR count). The van der Waals surface area contributed by atoms with Crippen LogP contribution in [0.15, 0.2) is 0 Å². The highest BCUT2D eigenvalue weighted by molar-refractivity contribution is 5.81. The van der Waals surface area contributed by atoms with Gasteiger partial charge in [0.05, 0.1) is 17.9 Å². The first-order valence-electron chi connectivity index (χ1n) is 8.20. The van der Waals surface area contributed by atoms with Crippen LogP contribution in [0.4, 0.5) is 0 Å². The summed E-state index contributed by atoms with van der Waals surface area (Å²) in [5, 5.41) is 9.64. The largest absolute Gasteiger partial charge is 0.481 e. The number of hydrogen-bond acceptors (Lipinski definition) is 3. The zero-order valence-corrected chi connectivity index (χ0v) is 15.5. The lowest BCUT2D eigenvalue weighted by molar-refractivity contribution is -0.163. The van der Waals surface area contributed by atoms with E-state index in [-0.39, 0.29) is 22.9 Å². The smallest absolute Gasteiger partial charge is 0.310 e. The van der Waals surface area contributed by atoms with Gasteiger partial charge in [0.2, 0.25) is 0 Å². The van der Waals surface area contributed by atoms with E-state index >= 15 is 0 Å². The molecular formula is C18H34O4. The Labute approximate surface area is 135 Å². The predicted molar refractivity (Wildman–Crippen MR) is 88.6 cm³/mol. The van der Waals surface area contributed by atoms with E-state index in [1.54, 1.807) is 0 Å². The van der Waals surface area contributed by atoms with Crippen LogP contribution in [0, 0.1) is 22.7 Å². The first-order chi connectivity index (χ1) is 9.76. The second kappa shape index (κ2) is 7.98. The van der Waals surface area contributed by atoms with Gasteiger partial charge in [-0.2, -0.15) is 0 Å². The molecule has 22 heavy (non-hydrogen) atoms. The Hall–Kier alpha value is -1.06. The molecule has 0 radical (unpaired) electrons. The van der Waals surface area contributed by atoms with Gasteiger partial charge < -0.3 is 9.84 Å². The summed E-state index contributed by atoms with van der Waals surface area (Å²) in [6.07, 6.45) is 1.51. The number of hydrogen-bond donors (Lipinski definition) is 1. The SMILES string of the molecule is CCC(C)OC(=O)C(CC(C)(C)C)C(CC(C)(C)C)C(=O)O. The monoisotopic (exact) mass is 314 g/mol. The predicted octanol–water partition coefficient (Wildman–Crippen LogP) is 4.52. The van der Waals surface area contributed by atoms with E-state index in [0.717, 1.165) is 6.42 Å². The van der Waals surface area contributed by atoms with Crippen LogP contribution in [0.5, 0.6) is 0 Å². The second-order valence-electron chi connectivity index (χ2n) is 8.74. The van der Waals surface area contributed by atoms with Crippen LogP contribution in [0.1, 0.15) is 74.7 Å². The third-order valence-electron chi connectivity index (χ3n) is 3.66. The summed E-state index contributed by atoms with van der Waals surface area (Å²) in [6, 6.07) is 0. The normalized spacial score (nSPS) is 16.7. The van der Waals surface area contributed by atoms with E-state index in [0.29, 0.717) is 12.8 Å². The van der Waals surface area contributed by atoms with Crippen LogP contribution >= 0.6 is 0 Å². The molecule has 4 heteroatoms. The highest BCUT2D eigenvalue weighted by atomic mass is 16.5. The number of ether oxygens (including phenoxy) is 1. The highest BCUT2D eigenvalue weighted by Crippen LogP contribution is 2.36. The zero-order valence-electron chi connectivity index (χ0n) is 15.5. The van der Waals surface area contributed by atoms with Gasteiger partial charge in [0, 0.05) is 0 Å². The van der Waals surface area contributed by atoms with Crippen molar-refractivity contribution in [1.29, 1.82) is 0 Å². The molecule has 3 unspecified atom stereocenters. The number of aliphatic carboxylic acids is 1. The molecule has 0 amide bonds. The van der Waals surface area contributed by atoms with Crippen LogP contribution < -0.4 is 0 Å². The van der Waals surface area contributed by atoms with Crippen molar-refractivity contribution in [1.82, 2.24) is 0 Å². The Morgan fingerprint density at radius 3 is 1.68 bits per heavy atom. The Morgan fingerprint density at radius 1 is 0.955 bits per heavy atom. The quantitative estimate of drug-likeness (QED) is 0.702. The lowest BCUT2D eigenvalue weighted by Gasteiger charge is -2.32. The molecular weight excluding hydrogens is 280 g/mol. The lowest BCUT2D eigenvalue weighted by Crippen LogP contribution is -2.37. The van der Waals surface area contributed by atoms with Gasteiger partial charge in [-0.1, -0.05) is 48.5 Å². The molecule has 0 aromatic carbocycles. The third kappa shape index (κ3) is 8.40. The fourth-order valence-corrected chi connectivity index (χ4v) is 2.48. The fraction of sp³-hybridized carbons (Fsp3) is 0.889. The number of rotatable bonds is 7. The Kier molecular flexibility index (Phi) is 7.60. The molecule has 0 saturated carbocycles. The summed E-state index contributed by atoms with van der Waals surface area (Å²) in [5.41, 5.74) is -0.291. The van der Waals surface area contributed by atoms with Crippen molar-refractivity contribution < 1.29 is 19.4 Å². The van der Waals surface area contributed by atoms with Gasteiger partial charge in [-0.3, -0.25) is 9.59 Å². The highest BCUT2D eigenvalue weighted by Gasteiger charge is 2.39. The van der Waals surface area contributed by atoms with E-state index < -0.39 is 17.8 Å². The van der Waals surface area contributed by atoms with Crippen molar-refractivity contribution in [2.45, 2.75) is 80.8 Å². The minimum atomic E-state index is -0.912. The molecule has 0 aromatic rings. The zero-order chi connectivity index (χ0) is 17.7. The maximum absolute atomic E-state index is 12.5. The third-order valence-corrected chi connectivity index (χ3v) is 3.66. The van der Waals surface area contributed by atoms with E-state index in [1.807, 2.05) is 55.4 Å². The molecule has 0 aliphatic carbocycles. The molecule has 0 aromatic heterocycles. The van der Waals surface area contributed by atoms with Gasteiger partial charge in [0.25, 0.3) is 0 Å². The summed E-state index contributed by atoms with van der Waals surface area (Å²) in [4.78, 5) is 24.3. The molecule has 130 valence electrons. The lowest BCUT2D eigenvalue weighted by atomic mass is 9.73. The van der Waals surface area contributed by atoms with Gasteiger partial charge in [0.1, 0.15) is 0 Å². The van der Waals surface area contributed by atoms with Gasteiger partial charge in [0.15, 0.2) is 0 Å². The van der Waals surface area contributed by atoms with Crippen LogP contribution in [-0.4, -0.2) is 23.1 Å². The molecule has 0 heterocycles. The molecule has 4 nitrogen and oxygen atoms in total. The summed E-state index contributed by atoms with van der Waals surface area (Å²) in [5.74, 6) is -2.60. The van der Waals surface area contributed by atoms with Gasteiger partial charge in [-0.15, -0.1) is 0 Å². The number of carbonyl (C=O) groups excluding carboxylic acids is 1. The molecule has 0 bridgehead atoms. The van der Waals surface area contributed by atoms with Crippen LogP contribution in [-0.2, 0) is 14.3 Å². The fourth-order valence-electron chi connectivity index (χ4n) is 2.48. The van der Waals surface area contributed by atoms with E-state index in [4.69, 9.17) is 4.74 Å². The van der Waals surface area contributed by atoms with Crippen molar-refractivity contribution in [3.8, 4) is 0 Å². The summed E-state index contributed by atoms with van der Waals surface area (Å²) >= 11 is 0. The van der Waals surface area contributed by atoms with Crippen LogP contribution in [0.2, 0.25) is 0 Å². The minimum Gasteiger partial charge on any atom is -0.481 e. The summed E-state index contributed by atoms with van der Waals surface area (Å²) < 4.78 is 5.45. The molecule has 0 aliphatic heterocycles. The van der Waals surface area contributed by atoms with Crippen molar-refractivity contribution in [3.05, 3.63) is 0 Å². The second-order valence-corrected chi connectivity index (χ2v) is 8.74. The van der Waals surface area contributed by atoms with Crippen molar-refractivity contribution >= 4 is 11.9 Å². The van der Waals surface area contributed by atoms with E-state index in [1.165, 1.54) is 0 Å². The number of carboxylic acids is 1. The first kappa shape index (κ1) is 20.9. The maximum Gasteiger partial charge on any atom is 0.310 e. The number of carbonyl (C=O) groups is 2. The van der Waals surface area contributed by atoms with E-state index in [2.05, 4.69) is 0 Å². The van der Waals surface area contributed by atoms with Crippen LogP contribution in [0.25, 0.3) is 0 Å². The number of carboxylic acid groups (broad SMARTS) is 1. The number of esters is 1. The molecule has 3 atom stereocenters. The topological polar surface area (TPSA) is 63.6 Å². The van der Waals surface area contributed by atoms with Gasteiger partial charge in [-0.05, 0) is 37.0 Å². The molecule has 1 N–H and O–H groups in total. The van der Waals surface area contributed by atoms with Crippen LogP contribution in [0.3, 0.4) is 0 Å². The van der Waals surface area contributed by atoms with E-state index in [9.17, 15) is 14.7 Å². The maximum atomic E-state index is 12.5. The van der Waals surface area contributed by atoms with Crippen molar-refractivity contribution in [2.24, 2.45) is 22.7 Å². The molecule has 0 aliphatic rings. The molecule has 0 saturated heterocycles. The minimum absolute atomic E-state index is 0.134. The Balaban J connectivity index is 5.41. The van der Waals surface area contributed by atoms with Gasteiger partial charge in [-0.25, -0.2) is 0 Å². The summed E-state index contributed by atoms with van der Waals surface area (Å²) in [7, 11) is 0. The molecule has 0 spiro atoms. The average molecular weight is 314 g/mol.